The van der Waals surface area contributed by atoms with Gasteiger partial charge in [-0.05, 0) is 19.9 Å². The minimum atomic E-state index is -1.33. The molecular weight excluding hydrogens is 274 g/mol. The van der Waals surface area contributed by atoms with Crippen molar-refractivity contribution in [3.63, 3.8) is 0 Å². The number of rotatable bonds is 3. The lowest BCUT2D eigenvalue weighted by Gasteiger charge is -2.11. The van der Waals surface area contributed by atoms with Gasteiger partial charge in [-0.1, -0.05) is 5.16 Å². The van der Waals surface area contributed by atoms with Crippen LogP contribution in [0.4, 0.5) is 14.5 Å². The van der Waals surface area contributed by atoms with Crippen molar-refractivity contribution in [2.45, 2.75) is 19.4 Å². The molecule has 0 saturated heterocycles. The first kappa shape index (κ1) is 14.0. The molecule has 0 radical (unpaired) electrons. The molecule has 1 heterocycles. The third-order valence-electron chi connectivity index (χ3n) is 2.47. The number of aromatic nitrogens is 2. The van der Waals surface area contributed by atoms with Crippen LogP contribution in [0.15, 0.2) is 16.7 Å². The van der Waals surface area contributed by atoms with Gasteiger partial charge in [-0.2, -0.15) is 4.98 Å². The number of nitrogens with zero attached hydrogens (tertiary/aromatic N) is 3. The Balaban J connectivity index is 2.60. The fraction of sp³-hybridized carbons (Fsp3) is 0.273. The van der Waals surface area contributed by atoms with Gasteiger partial charge in [0, 0.05) is 0 Å². The fourth-order valence-corrected chi connectivity index (χ4v) is 1.45. The van der Waals surface area contributed by atoms with E-state index in [9.17, 15) is 18.9 Å². The second-order valence-electron chi connectivity index (χ2n) is 4.69. The Morgan fingerprint density at radius 1 is 1.35 bits per heavy atom. The third kappa shape index (κ3) is 2.48. The highest BCUT2D eigenvalue weighted by atomic mass is 19.2. The lowest BCUT2D eigenvalue weighted by atomic mass is 10.1. The molecule has 0 bridgehead atoms. The summed E-state index contributed by atoms with van der Waals surface area (Å²) in [7, 11) is 0. The maximum atomic E-state index is 13.2. The molecule has 0 saturated carbocycles. The highest BCUT2D eigenvalue weighted by Gasteiger charge is 2.27. The summed E-state index contributed by atoms with van der Waals surface area (Å²) in [4.78, 5) is 13.9. The SMILES string of the molecule is CC(C)(N)c1noc(-c2cc(F)c(F)cc2[N+](=O)[O-])n1. The Morgan fingerprint density at radius 2 is 1.95 bits per heavy atom. The summed E-state index contributed by atoms with van der Waals surface area (Å²) in [6, 6.07) is 1.09. The van der Waals surface area contributed by atoms with E-state index >= 15 is 0 Å². The van der Waals surface area contributed by atoms with Gasteiger partial charge < -0.3 is 10.3 Å². The third-order valence-corrected chi connectivity index (χ3v) is 2.47. The van der Waals surface area contributed by atoms with Gasteiger partial charge in [-0.15, -0.1) is 0 Å². The minimum absolute atomic E-state index is 0.0894. The Kier molecular flexibility index (Phi) is 3.22. The van der Waals surface area contributed by atoms with Crippen molar-refractivity contribution in [3.05, 3.63) is 39.7 Å². The van der Waals surface area contributed by atoms with Crippen LogP contribution < -0.4 is 5.73 Å². The first-order chi connectivity index (χ1) is 9.20. The summed E-state index contributed by atoms with van der Waals surface area (Å²) in [5.74, 6) is -2.80. The van der Waals surface area contributed by atoms with Gasteiger partial charge in [0.25, 0.3) is 11.6 Å². The number of benzene rings is 1. The van der Waals surface area contributed by atoms with Crippen LogP contribution in [-0.2, 0) is 5.54 Å². The summed E-state index contributed by atoms with van der Waals surface area (Å²) in [6.07, 6.45) is 0. The van der Waals surface area contributed by atoms with Crippen LogP contribution in [-0.4, -0.2) is 15.1 Å². The lowest BCUT2D eigenvalue weighted by molar-refractivity contribution is -0.384. The number of nitro benzene ring substituents is 1. The van der Waals surface area contributed by atoms with Crippen molar-refractivity contribution < 1.29 is 18.2 Å². The van der Waals surface area contributed by atoms with Crippen LogP contribution in [0.25, 0.3) is 11.5 Å². The van der Waals surface area contributed by atoms with Crippen molar-refractivity contribution in [2.24, 2.45) is 5.73 Å². The smallest absolute Gasteiger partial charge is 0.285 e. The predicted molar refractivity (Wildman–Crippen MR) is 63.5 cm³/mol. The standard InChI is InChI=1S/C11H10F2N4O3/c1-11(2,14)10-15-9(20-16-10)5-3-6(12)7(13)4-8(5)17(18)19/h3-4H,14H2,1-2H3. The zero-order valence-electron chi connectivity index (χ0n) is 10.6. The van der Waals surface area contributed by atoms with Crippen LogP contribution in [0.5, 0.6) is 0 Å². The summed E-state index contributed by atoms with van der Waals surface area (Å²) in [5, 5.41) is 14.4. The normalized spacial score (nSPS) is 11.7. The highest BCUT2D eigenvalue weighted by Crippen LogP contribution is 2.31. The van der Waals surface area contributed by atoms with Gasteiger partial charge in [0.2, 0.25) is 0 Å². The highest BCUT2D eigenvalue weighted by molar-refractivity contribution is 5.66. The van der Waals surface area contributed by atoms with Crippen molar-refractivity contribution in [3.8, 4) is 11.5 Å². The minimum Gasteiger partial charge on any atom is -0.334 e. The second-order valence-corrected chi connectivity index (χ2v) is 4.69. The summed E-state index contributed by atoms with van der Waals surface area (Å²) < 4.78 is 31.1. The van der Waals surface area contributed by atoms with E-state index in [0.29, 0.717) is 12.1 Å². The van der Waals surface area contributed by atoms with E-state index in [1.807, 2.05) is 0 Å². The molecule has 9 heteroatoms. The number of hydrogen-bond donors (Lipinski definition) is 1. The zero-order chi connectivity index (χ0) is 15.1. The van der Waals surface area contributed by atoms with Crippen LogP contribution >= 0.6 is 0 Å². The maximum Gasteiger partial charge on any atom is 0.285 e. The molecule has 0 fully saturated rings. The average Bonchev–Trinajstić information content (AvgIpc) is 2.80. The van der Waals surface area contributed by atoms with Crippen molar-refractivity contribution in [1.29, 1.82) is 0 Å². The van der Waals surface area contributed by atoms with Gasteiger partial charge in [0.05, 0.1) is 16.5 Å². The quantitative estimate of drug-likeness (QED) is 0.683. The summed E-state index contributed by atoms with van der Waals surface area (Å²) in [6.45, 7) is 3.20. The molecule has 7 nitrogen and oxygen atoms in total. The number of nitrogens with two attached hydrogens (primary N) is 1. The molecule has 106 valence electrons. The molecule has 20 heavy (non-hydrogen) atoms. The zero-order valence-corrected chi connectivity index (χ0v) is 10.6. The van der Waals surface area contributed by atoms with E-state index < -0.39 is 27.8 Å². The lowest BCUT2D eigenvalue weighted by Crippen LogP contribution is -2.30. The van der Waals surface area contributed by atoms with E-state index in [2.05, 4.69) is 10.1 Å². The Hall–Kier alpha value is -2.42. The molecule has 0 aliphatic rings. The first-order valence-corrected chi connectivity index (χ1v) is 5.47. The van der Waals surface area contributed by atoms with E-state index in [4.69, 9.17) is 10.3 Å². The van der Waals surface area contributed by atoms with Crippen LogP contribution in [0.3, 0.4) is 0 Å². The molecule has 1 aromatic heterocycles. The summed E-state index contributed by atoms with van der Waals surface area (Å²) in [5.41, 5.74) is 3.83. The molecule has 0 atom stereocenters. The molecule has 0 amide bonds. The molecule has 2 rings (SSSR count). The maximum absolute atomic E-state index is 13.2. The van der Waals surface area contributed by atoms with Crippen molar-refractivity contribution in [2.75, 3.05) is 0 Å². The van der Waals surface area contributed by atoms with Crippen molar-refractivity contribution in [1.82, 2.24) is 10.1 Å². The monoisotopic (exact) mass is 284 g/mol. The molecule has 0 unspecified atom stereocenters. The molecular formula is C11H10F2N4O3. The van der Waals surface area contributed by atoms with Crippen LogP contribution in [0.2, 0.25) is 0 Å². The Morgan fingerprint density at radius 3 is 2.45 bits per heavy atom. The number of hydrogen-bond acceptors (Lipinski definition) is 6. The van der Waals surface area contributed by atoms with Gasteiger partial charge in [0.15, 0.2) is 17.5 Å². The largest absolute Gasteiger partial charge is 0.334 e. The topological polar surface area (TPSA) is 108 Å². The van der Waals surface area contributed by atoms with Crippen LogP contribution in [0.1, 0.15) is 19.7 Å². The van der Waals surface area contributed by atoms with Gasteiger partial charge >= 0.3 is 0 Å². The molecule has 0 aliphatic heterocycles. The molecule has 0 aliphatic carbocycles. The molecule has 2 N–H and O–H groups in total. The van der Waals surface area contributed by atoms with E-state index in [1.165, 1.54) is 0 Å². The Bertz CT molecular complexity index is 679. The predicted octanol–water partition coefficient (Wildman–Crippen LogP) is 2.12. The Labute approximate surface area is 111 Å². The number of halogens is 2. The van der Waals surface area contributed by atoms with Gasteiger partial charge in [0.1, 0.15) is 5.56 Å². The van der Waals surface area contributed by atoms with E-state index in [0.717, 1.165) is 0 Å². The average molecular weight is 284 g/mol. The van der Waals surface area contributed by atoms with E-state index in [1.54, 1.807) is 13.8 Å². The van der Waals surface area contributed by atoms with Crippen molar-refractivity contribution >= 4 is 5.69 Å². The molecule has 0 spiro atoms. The van der Waals surface area contributed by atoms with E-state index in [-0.39, 0.29) is 17.3 Å². The first-order valence-electron chi connectivity index (χ1n) is 5.47. The van der Waals surface area contributed by atoms with Gasteiger partial charge in [-0.3, -0.25) is 10.1 Å². The second kappa shape index (κ2) is 4.60. The number of nitro groups is 1. The van der Waals surface area contributed by atoms with Gasteiger partial charge in [-0.25, -0.2) is 8.78 Å². The summed E-state index contributed by atoms with van der Waals surface area (Å²) >= 11 is 0. The fourth-order valence-electron chi connectivity index (χ4n) is 1.45. The molecule has 2 aromatic rings. The van der Waals surface area contributed by atoms with Crippen LogP contribution in [0, 0.1) is 21.7 Å². The molecule has 1 aromatic carbocycles.